The summed E-state index contributed by atoms with van der Waals surface area (Å²) in [6, 6.07) is 0. The van der Waals surface area contributed by atoms with Gasteiger partial charge < -0.3 is 4.74 Å². The van der Waals surface area contributed by atoms with E-state index in [0.29, 0.717) is 24.7 Å². The molecule has 0 N–H and O–H groups in total. The summed E-state index contributed by atoms with van der Waals surface area (Å²) in [5.74, 6) is 1.27. The normalized spacial score (nSPS) is 29.0. The van der Waals surface area contributed by atoms with Crippen LogP contribution >= 0.6 is 0 Å². The highest BCUT2D eigenvalue weighted by Crippen LogP contribution is 2.44. The van der Waals surface area contributed by atoms with Crippen LogP contribution in [0.25, 0.3) is 0 Å². The number of hydrogen-bond donors (Lipinski definition) is 0. The van der Waals surface area contributed by atoms with Crippen molar-refractivity contribution in [2.24, 2.45) is 17.3 Å². The minimum Gasteiger partial charge on any atom is -0.385 e. The first kappa shape index (κ1) is 13.7. The average molecular weight is 226 g/mol. The van der Waals surface area contributed by atoms with Gasteiger partial charge in [0, 0.05) is 26.1 Å². The molecule has 2 unspecified atom stereocenters. The minimum atomic E-state index is 0.196. The van der Waals surface area contributed by atoms with Crippen LogP contribution in [0.2, 0.25) is 0 Å². The molecule has 0 saturated heterocycles. The van der Waals surface area contributed by atoms with Crippen LogP contribution in [0.15, 0.2) is 0 Å². The Labute approximate surface area is 99.8 Å². The van der Waals surface area contributed by atoms with Gasteiger partial charge in [-0.25, -0.2) is 0 Å². The summed E-state index contributed by atoms with van der Waals surface area (Å²) in [5.41, 5.74) is 0.196. The molecular formula is C14H26O2. The third-order valence-electron chi connectivity index (χ3n) is 4.01. The fourth-order valence-electron chi connectivity index (χ4n) is 3.27. The van der Waals surface area contributed by atoms with Gasteiger partial charge >= 0.3 is 0 Å². The molecule has 1 fully saturated rings. The van der Waals surface area contributed by atoms with Crippen LogP contribution < -0.4 is 0 Å². The number of methoxy groups -OCH3 is 1. The summed E-state index contributed by atoms with van der Waals surface area (Å²) >= 11 is 0. The first-order valence-corrected chi connectivity index (χ1v) is 6.50. The molecule has 0 radical (unpaired) electrons. The van der Waals surface area contributed by atoms with E-state index >= 15 is 0 Å². The third-order valence-corrected chi connectivity index (χ3v) is 4.01. The van der Waals surface area contributed by atoms with Gasteiger partial charge in [0.1, 0.15) is 5.78 Å². The van der Waals surface area contributed by atoms with Crippen molar-refractivity contribution >= 4 is 5.78 Å². The highest BCUT2D eigenvalue weighted by molar-refractivity contribution is 5.82. The van der Waals surface area contributed by atoms with Crippen LogP contribution in [-0.2, 0) is 9.53 Å². The zero-order valence-electron chi connectivity index (χ0n) is 11.2. The van der Waals surface area contributed by atoms with Crippen LogP contribution in [0.5, 0.6) is 0 Å². The maximum Gasteiger partial charge on any atom is 0.136 e. The molecule has 0 aromatic carbocycles. The van der Waals surface area contributed by atoms with Gasteiger partial charge in [-0.05, 0) is 30.6 Å². The average Bonchev–Trinajstić information content (AvgIpc) is 2.16. The van der Waals surface area contributed by atoms with Crippen molar-refractivity contribution in [3.05, 3.63) is 0 Å². The van der Waals surface area contributed by atoms with Gasteiger partial charge in [0.25, 0.3) is 0 Å². The lowest BCUT2D eigenvalue weighted by molar-refractivity contribution is -0.130. The Morgan fingerprint density at radius 3 is 2.69 bits per heavy atom. The van der Waals surface area contributed by atoms with Gasteiger partial charge in [0.05, 0.1) is 0 Å². The molecule has 1 aliphatic rings. The van der Waals surface area contributed by atoms with Crippen molar-refractivity contribution in [2.45, 2.75) is 52.9 Å². The molecule has 16 heavy (non-hydrogen) atoms. The van der Waals surface area contributed by atoms with Gasteiger partial charge in [-0.1, -0.05) is 27.2 Å². The number of ketones is 1. The Hall–Kier alpha value is -0.370. The van der Waals surface area contributed by atoms with E-state index in [0.717, 1.165) is 6.42 Å². The van der Waals surface area contributed by atoms with E-state index < -0.39 is 0 Å². The van der Waals surface area contributed by atoms with Crippen LogP contribution in [0.4, 0.5) is 0 Å². The molecule has 0 aromatic heterocycles. The number of hydrogen-bond acceptors (Lipinski definition) is 2. The summed E-state index contributed by atoms with van der Waals surface area (Å²) in [4.78, 5) is 12.2. The van der Waals surface area contributed by atoms with E-state index in [9.17, 15) is 4.79 Å². The molecule has 0 aliphatic heterocycles. The molecule has 0 aromatic rings. The van der Waals surface area contributed by atoms with Gasteiger partial charge in [-0.15, -0.1) is 0 Å². The molecule has 1 saturated carbocycles. The molecule has 0 spiro atoms. The van der Waals surface area contributed by atoms with E-state index in [1.165, 1.54) is 19.3 Å². The van der Waals surface area contributed by atoms with E-state index in [1.54, 1.807) is 7.11 Å². The Morgan fingerprint density at radius 2 is 2.12 bits per heavy atom. The second-order valence-corrected chi connectivity index (χ2v) is 5.90. The van der Waals surface area contributed by atoms with Crippen molar-refractivity contribution in [2.75, 3.05) is 13.7 Å². The van der Waals surface area contributed by atoms with Crippen LogP contribution in [-0.4, -0.2) is 19.5 Å². The molecule has 1 aliphatic carbocycles. The first-order valence-electron chi connectivity index (χ1n) is 6.50. The minimum absolute atomic E-state index is 0.196. The highest BCUT2D eigenvalue weighted by Gasteiger charge is 2.40. The largest absolute Gasteiger partial charge is 0.385 e. The molecule has 2 heteroatoms. The summed E-state index contributed by atoms with van der Waals surface area (Å²) in [5, 5.41) is 0. The lowest BCUT2D eigenvalue weighted by Crippen LogP contribution is -2.39. The van der Waals surface area contributed by atoms with Crippen molar-refractivity contribution in [1.29, 1.82) is 0 Å². The maximum absolute atomic E-state index is 12.2. The summed E-state index contributed by atoms with van der Waals surface area (Å²) < 4.78 is 5.01. The Morgan fingerprint density at radius 1 is 1.44 bits per heavy atom. The molecule has 2 nitrogen and oxygen atoms in total. The quantitative estimate of drug-likeness (QED) is 0.671. The molecular weight excluding hydrogens is 200 g/mol. The summed E-state index contributed by atoms with van der Waals surface area (Å²) in [6.45, 7) is 7.44. The van der Waals surface area contributed by atoms with Crippen molar-refractivity contribution < 1.29 is 9.53 Å². The van der Waals surface area contributed by atoms with Gasteiger partial charge in [-0.2, -0.15) is 0 Å². The van der Waals surface area contributed by atoms with Crippen LogP contribution in [0, 0.1) is 17.3 Å². The third kappa shape index (κ3) is 3.31. The molecule has 94 valence electrons. The van der Waals surface area contributed by atoms with Gasteiger partial charge in [0.2, 0.25) is 0 Å². The molecule has 0 bridgehead atoms. The van der Waals surface area contributed by atoms with E-state index in [4.69, 9.17) is 4.74 Å². The number of carbonyl (C=O) groups is 1. The lowest BCUT2D eigenvalue weighted by Gasteiger charge is -2.42. The topological polar surface area (TPSA) is 26.3 Å². The number of ether oxygens (including phenoxy) is 1. The smallest absolute Gasteiger partial charge is 0.136 e. The first-order chi connectivity index (χ1) is 7.49. The lowest BCUT2D eigenvalue weighted by atomic mass is 9.62. The van der Waals surface area contributed by atoms with Crippen LogP contribution in [0.3, 0.4) is 0 Å². The highest BCUT2D eigenvalue weighted by atomic mass is 16.5. The van der Waals surface area contributed by atoms with Crippen molar-refractivity contribution in [3.8, 4) is 0 Å². The summed E-state index contributed by atoms with van der Waals surface area (Å²) in [7, 11) is 1.69. The Balaban J connectivity index is 2.56. The SMILES string of the molecule is COCCCC(=O)C1C(C)CCCC1(C)C. The van der Waals surface area contributed by atoms with Gasteiger partial charge in [0.15, 0.2) is 0 Å². The fraction of sp³-hybridized carbons (Fsp3) is 0.929. The van der Waals surface area contributed by atoms with Crippen molar-refractivity contribution in [3.63, 3.8) is 0 Å². The van der Waals surface area contributed by atoms with Crippen molar-refractivity contribution in [1.82, 2.24) is 0 Å². The predicted molar refractivity (Wildman–Crippen MR) is 66.4 cm³/mol. The number of carbonyl (C=O) groups excluding carboxylic acids is 1. The molecule has 0 amide bonds. The molecule has 2 atom stereocenters. The number of rotatable bonds is 5. The molecule has 1 rings (SSSR count). The fourth-order valence-corrected chi connectivity index (χ4v) is 3.27. The van der Waals surface area contributed by atoms with E-state index in [-0.39, 0.29) is 11.3 Å². The predicted octanol–water partition coefficient (Wildman–Crippen LogP) is 3.44. The van der Waals surface area contributed by atoms with E-state index in [2.05, 4.69) is 20.8 Å². The number of Topliss-reactive ketones (excluding diaryl/α,β-unsaturated/α-hetero) is 1. The maximum atomic E-state index is 12.2. The Kier molecular flexibility index (Phi) is 4.97. The van der Waals surface area contributed by atoms with E-state index in [1.807, 2.05) is 0 Å². The van der Waals surface area contributed by atoms with Gasteiger partial charge in [-0.3, -0.25) is 4.79 Å². The zero-order chi connectivity index (χ0) is 12.2. The molecule has 0 heterocycles. The van der Waals surface area contributed by atoms with Crippen LogP contribution in [0.1, 0.15) is 52.9 Å². The monoisotopic (exact) mass is 226 g/mol. The zero-order valence-corrected chi connectivity index (χ0v) is 11.2. The second-order valence-electron chi connectivity index (χ2n) is 5.90. The Bertz CT molecular complexity index is 233. The standard InChI is InChI=1S/C14H26O2/c1-11-7-5-9-14(2,3)13(11)12(15)8-6-10-16-4/h11,13H,5-10H2,1-4H3. The summed E-state index contributed by atoms with van der Waals surface area (Å²) in [6.07, 6.45) is 5.24. The second kappa shape index (κ2) is 5.81.